The van der Waals surface area contributed by atoms with Gasteiger partial charge in [0.2, 0.25) is 5.79 Å². The van der Waals surface area contributed by atoms with Gasteiger partial charge in [-0.2, -0.15) is 0 Å². The number of hydrogen-bond donors (Lipinski definition) is 2. The number of nitrogens with zero attached hydrogens (tertiary/aromatic N) is 2. The van der Waals surface area contributed by atoms with E-state index >= 15 is 0 Å². The Labute approximate surface area is 337 Å². The minimum atomic E-state index is -1.41. The van der Waals surface area contributed by atoms with Crippen molar-refractivity contribution in [3.05, 3.63) is 109 Å². The number of hydrogen-bond acceptors (Lipinski definition) is 9. The van der Waals surface area contributed by atoms with Crippen LogP contribution in [0.3, 0.4) is 0 Å². The highest BCUT2D eigenvalue weighted by Crippen LogP contribution is 2.62. The second-order valence-corrected chi connectivity index (χ2v) is 16.3. The van der Waals surface area contributed by atoms with Crippen molar-refractivity contribution >= 4 is 22.6 Å². The van der Waals surface area contributed by atoms with Gasteiger partial charge in [0.05, 0.1) is 31.9 Å². The normalized spacial score (nSPS) is 24.4. The lowest BCUT2D eigenvalue weighted by Gasteiger charge is -2.60. The Morgan fingerprint density at radius 1 is 0.982 bits per heavy atom. The summed E-state index contributed by atoms with van der Waals surface area (Å²) in [4.78, 5) is 22.3. The number of amides is 1. The predicted molar refractivity (Wildman–Crippen MR) is 223 cm³/mol. The average molecular weight is 781 g/mol. The maximum absolute atomic E-state index is 14.4. The SMILES string of the molecule is C=CCOc1ccc2c(c1)[C@H]1[C@H](CCCCO)[C@@H](CCCCO)C=C3C(=NOC(C)(C)C)C[C@H](N(Cc4cccc5ccccc45)C(=O)OC)[C@@](OCC=C)(O2)[C@H]31. The first-order valence-corrected chi connectivity index (χ1v) is 20.4. The van der Waals surface area contributed by atoms with Crippen LogP contribution in [-0.4, -0.2) is 77.9 Å². The number of allylic oxidation sites excluding steroid dienone is 1. The fraction of sp³-hybridized carbons (Fsp3) is 0.489. The molecule has 57 heavy (non-hydrogen) atoms. The monoisotopic (exact) mass is 780 g/mol. The molecular weight excluding hydrogens is 721 g/mol. The summed E-state index contributed by atoms with van der Waals surface area (Å²) in [7, 11) is 1.40. The zero-order valence-electron chi connectivity index (χ0n) is 34.0. The van der Waals surface area contributed by atoms with E-state index in [4.69, 9.17) is 28.9 Å². The lowest BCUT2D eigenvalue weighted by Crippen LogP contribution is -2.70. The highest BCUT2D eigenvalue weighted by molar-refractivity contribution is 6.03. The summed E-state index contributed by atoms with van der Waals surface area (Å²) in [6, 6.07) is 19.5. The van der Waals surface area contributed by atoms with Crippen LogP contribution in [0.1, 0.15) is 82.8 Å². The number of oxime groups is 1. The van der Waals surface area contributed by atoms with Crippen LogP contribution < -0.4 is 9.47 Å². The van der Waals surface area contributed by atoms with Crippen LogP contribution in [0.5, 0.6) is 11.5 Å². The van der Waals surface area contributed by atoms with Gasteiger partial charge in [0.25, 0.3) is 0 Å². The molecule has 3 aliphatic rings. The standard InChI is InChI=1S/C47H60N2O8/c1-7-26-54-35-22-23-41-39(29-35)43-37(21-12-14-25-51)33(17-11-13-24-50)28-38-40(48-57-46(3,4)5)30-42(47(56-41,44(38)43)55-27-8-2)49(45(52)53-6)31-34-19-15-18-32-16-9-10-20-36(32)34/h7-10,15-16,18-20,22-23,28-29,33,37,42-44,50-51H,1-2,11-14,17,21,24-27,30-31H2,3-6H3/t33-,37+,42-,43+,44+,47+/m0/s1. The molecule has 10 heteroatoms. The number of rotatable bonds is 18. The van der Waals surface area contributed by atoms with Crippen molar-refractivity contribution in [2.75, 3.05) is 33.5 Å². The molecular formula is C47H60N2O8. The first kappa shape index (κ1) is 42.0. The van der Waals surface area contributed by atoms with Gasteiger partial charge in [0.15, 0.2) is 0 Å². The fourth-order valence-corrected chi connectivity index (χ4v) is 9.12. The number of fused-ring (bicyclic) bond motifs is 3. The molecule has 1 aliphatic heterocycles. The third kappa shape index (κ3) is 9.09. The molecule has 0 radical (unpaired) electrons. The Hall–Kier alpha value is -4.64. The Morgan fingerprint density at radius 2 is 1.72 bits per heavy atom. The first-order valence-electron chi connectivity index (χ1n) is 20.4. The summed E-state index contributed by atoms with van der Waals surface area (Å²) in [6.07, 6.45) is 10.2. The van der Waals surface area contributed by atoms with Crippen LogP contribution in [-0.2, 0) is 20.9 Å². The number of aliphatic hydroxyl groups excluding tert-OH is 2. The molecule has 0 saturated heterocycles. The van der Waals surface area contributed by atoms with Crippen LogP contribution in [0, 0.1) is 17.8 Å². The molecule has 1 amide bonds. The van der Waals surface area contributed by atoms with E-state index in [0.29, 0.717) is 30.9 Å². The quantitative estimate of drug-likeness (QED) is 0.0746. The maximum atomic E-state index is 14.4. The molecule has 3 aromatic carbocycles. The van der Waals surface area contributed by atoms with E-state index in [2.05, 4.69) is 43.5 Å². The van der Waals surface area contributed by atoms with E-state index in [9.17, 15) is 15.0 Å². The van der Waals surface area contributed by atoms with Crippen LogP contribution in [0.4, 0.5) is 4.79 Å². The summed E-state index contributed by atoms with van der Waals surface area (Å²) >= 11 is 0. The summed E-state index contributed by atoms with van der Waals surface area (Å²) in [5.74, 6) is -0.496. The number of carbonyl (C=O) groups excluding carboxylic acids is 1. The van der Waals surface area contributed by atoms with Crippen LogP contribution in [0.15, 0.2) is 103 Å². The third-order valence-electron chi connectivity index (χ3n) is 11.4. The largest absolute Gasteiger partial charge is 0.490 e. The van der Waals surface area contributed by atoms with Crippen molar-refractivity contribution in [1.29, 1.82) is 0 Å². The Bertz CT molecular complexity index is 1930. The molecule has 0 spiro atoms. The number of unbranched alkanes of at least 4 members (excludes halogenated alkanes) is 2. The van der Waals surface area contributed by atoms with Crippen LogP contribution in [0.25, 0.3) is 10.8 Å². The molecule has 0 aromatic heterocycles. The number of benzene rings is 3. The molecule has 6 rings (SSSR count). The Balaban J connectivity index is 1.63. The highest BCUT2D eigenvalue weighted by atomic mass is 16.7. The molecule has 0 bridgehead atoms. The molecule has 1 saturated carbocycles. The molecule has 3 aromatic rings. The van der Waals surface area contributed by atoms with Crippen molar-refractivity contribution in [2.24, 2.45) is 22.9 Å². The van der Waals surface area contributed by atoms with E-state index in [-0.39, 0.29) is 50.5 Å². The first-order chi connectivity index (χ1) is 27.6. The van der Waals surface area contributed by atoms with Crippen LogP contribution in [0.2, 0.25) is 0 Å². The van der Waals surface area contributed by atoms with Gasteiger partial charge < -0.3 is 34.0 Å². The second-order valence-electron chi connectivity index (χ2n) is 16.3. The van der Waals surface area contributed by atoms with Gasteiger partial charge >= 0.3 is 6.09 Å². The summed E-state index contributed by atoms with van der Waals surface area (Å²) in [6.45, 7) is 14.7. The van der Waals surface area contributed by atoms with Gasteiger partial charge in [0.1, 0.15) is 29.7 Å². The van der Waals surface area contributed by atoms with E-state index in [1.807, 2.05) is 57.2 Å². The maximum Gasteiger partial charge on any atom is 0.410 e. The molecule has 6 atom stereocenters. The number of ether oxygens (including phenoxy) is 4. The van der Waals surface area contributed by atoms with Crippen molar-refractivity contribution < 1.29 is 38.8 Å². The van der Waals surface area contributed by atoms with E-state index < -0.39 is 29.4 Å². The Kier molecular flexibility index (Phi) is 13.8. The number of aliphatic hydroxyl groups is 2. The number of carbonyl (C=O) groups is 1. The summed E-state index contributed by atoms with van der Waals surface area (Å²) in [5, 5.41) is 26.8. The van der Waals surface area contributed by atoms with Gasteiger partial charge in [-0.3, -0.25) is 4.90 Å². The van der Waals surface area contributed by atoms with Gasteiger partial charge in [-0.15, -0.1) is 6.58 Å². The lowest BCUT2D eigenvalue weighted by atomic mass is 9.55. The lowest BCUT2D eigenvalue weighted by molar-refractivity contribution is -0.256. The minimum absolute atomic E-state index is 0.0844. The molecule has 10 nitrogen and oxygen atoms in total. The molecule has 2 N–H and O–H groups in total. The van der Waals surface area contributed by atoms with Gasteiger partial charge in [-0.05, 0) is 98.4 Å². The summed E-state index contributed by atoms with van der Waals surface area (Å²) < 4.78 is 26.1. The molecule has 306 valence electrons. The van der Waals surface area contributed by atoms with Crippen molar-refractivity contribution in [2.45, 2.75) is 95.6 Å². The third-order valence-corrected chi connectivity index (χ3v) is 11.4. The van der Waals surface area contributed by atoms with Crippen molar-refractivity contribution in [3.63, 3.8) is 0 Å². The number of methoxy groups -OCH3 is 1. The van der Waals surface area contributed by atoms with Gasteiger partial charge in [-0.1, -0.05) is 85.3 Å². The second kappa shape index (κ2) is 18.7. The molecule has 1 fully saturated rings. The van der Waals surface area contributed by atoms with Crippen molar-refractivity contribution in [3.8, 4) is 11.5 Å². The van der Waals surface area contributed by atoms with Gasteiger partial charge in [0, 0.05) is 31.1 Å². The van der Waals surface area contributed by atoms with E-state index in [1.54, 1.807) is 17.1 Å². The van der Waals surface area contributed by atoms with Gasteiger partial charge in [-0.25, -0.2) is 4.79 Å². The zero-order chi connectivity index (χ0) is 40.6. The molecule has 2 aliphatic carbocycles. The topological polar surface area (TPSA) is 119 Å². The van der Waals surface area contributed by atoms with E-state index in [0.717, 1.165) is 58.9 Å². The zero-order valence-corrected chi connectivity index (χ0v) is 34.0. The van der Waals surface area contributed by atoms with Crippen LogP contribution >= 0.6 is 0 Å². The fourth-order valence-electron chi connectivity index (χ4n) is 9.12. The molecule has 1 heterocycles. The minimum Gasteiger partial charge on any atom is -0.490 e. The molecule has 0 unspecified atom stereocenters. The average Bonchev–Trinajstić information content (AvgIpc) is 3.21. The predicted octanol–water partition coefficient (Wildman–Crippen LogP) is 9.11. The Morgan fingerprint density at radius 3 is 2.44 bits per heavy atom. The van der Waals surface area contributed by atoms with E-state index in [1.165, 1.54) is 7.11 Å². The van der Waals surface area contributed by atoms with Crippen molar-refractivity contribution in [1.82, 2.24) is 4.90 Å². The highest BCUT2D eigenvalue weighted by Gasteiger charge is 2.65. The smallest absolute Gasteiger partial charge is 0.410 e. The summed E-state index contributed by atoms with van der Waals surface area (Å²) in [5.41, 5.74) is 3.05.